The van der Waals surface area contributed by atoms with Crippen molar-refractivity contribution in [2.45, 2.75) is 32.7 Å². The standard InChI is InChI=1S/C23H30ClN3O3S/c1-17-12-14-26(15-13-17)20-10-8-19(9-11-20)18(2)25-23(28)16-27(31(3,29)30)22-7-5-4-6-21(22)24/h4-11,17-18H,12-16H2,1-3H3,(H,25,28). The van der Waals surface area contributed by atoms with Crippen LogP contribution >= 0.6 is 11.6 Å². The van der Waals surface area contributed by atoms with Gasteiger partial charge in [0.05, 0.1) is 23.0 Å². The first-order chi connectivity index (χ1) is 14.6. The summed E-state index contributed by atoms with van der Waals surface area (Å²) in [6.45, 7) is 5.97. The summed E-state index contributed by atoms with van der Waals surface area (Å²) in [5.74, 6) is 0.384. The zero-order chi connectivity index (χ0) is 22.6. The Hall–Kier alpha value is -2.25. The third-order valence-electron chi connectivity index (χ3n) is 5.73. The molecule has 31 heavy (non-hydrogen) atoms. The maximum absolute atomic E-state index is 12.6. The quantitative estimate of drug-likeness (QED) is 0.667. The van der Waals surface area contributed by atoms with E-state index in [1.165, 1.54) is 18.5 Å². The molecule has 1 fully saturated rings. The van der Waals surface area contributed by atoms with Crippen molar-refractivity contribution in [1.29, 1.82) is 0 Å². The highest BCUT2D eigenvalue weighted by Gasteiger charge is 2.24. The van der Waals surface area contributed by atoms with Crippen LogP contribution in [-0.4, -0.2) is 40.2 Å². The fourth-order valence-corrected chi connectivity index (χ4v) is 4.93. The molecule has 3 rings (SSSR count). The number of para-hydroxylation sites is 1. The van der Waals surface area contributed by atoms with E-state index >= 15 is 0 Å². The van der Waals surface area contributed by atoms with Gasteiger partial charge in [-0.3, -0.25) is 9.10 Å². The average molecular weight is 464 g/mol. The monoisotopic (exact) mass is 463 g/mol. The molecule has 0 spiro atoms. The van der Waals surface area contributed by atoms with E-state index in [1.807, 2.05) is 19.1 Å². The van der Waals surface area contributed by atoms with Crippen LogP contribution in [0.1, 0.15) is 38.3 Å². The molecule has 8 heteroatoms. The lowest BCUT2D eigenvalue weighted by Gasteiger charge is -2.32. The zero-order valence-corrected chi connectivity index (χ0v) is 19.8. The smallest absolute Gasteiger partial charge is 0.241 e. The molecule has 0 aromatic heterocycles. The van der Waals surface area contributed by atoms with Crippen LogP contribution in [0.25, 0.3) is 0 Å². The maximum Gasteiger partial charge on any atom is 0.241 e. The van der Waals surface area contributed by atoms with Gasteiger partial charge in [-0.2, -0.15) is 0 Å². The number of sulfonamides is 1. The highest BCUT2D eigenvalue weighted by atomic mass is 35.5. The van der Waals surface area contributed by atoms with Crippen LogP contribution in [-0.2, 0) is 14.8 Å². The van der Waals surface area contributed by atoms with Gasteiger partial charge in [-0.1, -0.05) is 42.8 Å². The summed E-state index contributed by atoms with van der Waals surface area (Å²) in [6.07, 6.45) is 3.47. The van der Waals surface area contributed by atoms with Crippen LogP contribution in [0, 0.1) is 5.92 Å². The minimum Gasteiger partial charge on any atom is -0.372 e. The van der Waals surface area contributed by atoms with Crippen molar-refractivity contribution in [3.8, 4) is 0 Å². The van der Waals surface area contributed by atoms with Gasteiger partial charge in [0.15, 0.2) is 0 Å². The van der Waals surface area contributed by atoms with E-state index in [9.17, 15) is 13.2 Å². The van der Waals surface area contributed by atoms with E-state index < -0.39 is 15.9 Å². The van der Waals surface area contributed by atoms with Crippen molar-refractivity contribution in [1.82, 2.24) is 5.32 Å². The molecule has 0 aliphatic carbocycles. The lowest BCUT2D eigenvalue weighted by atomic mass is 9.98. The van der Waals surface area contributed by atoms with E-state index in [2.05, 4.69) is 29.3 Å². The largest absolute Gasteiger partial charge is 0.372 e. The van der Waals surface area contributed by atoms with Crippen LogP contribution < -0.4 is 14.5 Å². The number of carbonyl (C=O) groups excluding carboxylic acids is 1. The third-order valence-corrected chi connectivity index (χ3v) is 7.17. The number of rotatable bonds is 7. The van der Waals surface area contributed by atoms with Gasteiger partial charge in [-0.05, 0) is 55.5 Å². The summed E-state index contributed by atoms with van der Waals surface area (Å²) >= 11 is 6.16. The second-order valence-corrected chi connectivity index (χ2v) is 10.6. The van der Waals surface area contributed by atoms with E-state index in [-0.39, 0.29) is 23.3 Å². The highest BCUT2D eigenvalue weighted by molar-refractivity contribution is 7.92. The van der Waals surface area contributed by atoms with Crippen LogP contribution in [0.3, 0.4) is 0 Å². The molecule has 1 unspecified atom stereocenters. The van der Waals surface area contributed by atoms with Crippen molar-refractivity contribution in [2.75, 3.05) is 35.1 Å². The first-order valence-electron chi connectivity index (χ1n) is 10.5. The molecule has 6 nitrogen and oxygen atoms in total. The molecule has 1 atom stereocenters. The summed E-state index contributed by atoms with van der Waals surface area (Å²) in [5, 5.41) is 3.17. The van der Waals surface area contributed by atoms with Crippen molar-refractivity contribution in [3.05, 3.63) is 59.1 Å². The van der Waals surface area contributed by atoms with Gasteiger partial charge in [0.2, 0.25) is 15.9 Å². The Morgan fingerprint density at radius 1 is 1.16 bits per heavy atom. The fraction of sp³-hybridized carbons (Fsp3) is 0.435. The van der Waals surface area contributed by atoms with Gasteiger partial charge in [0.25, 0.3) is 0 Å². The number of anilines is 2. The van der Waals surface area contributed by atoms with Crippen molar-refractivity contribution < 1.29 is 13.2 Å². The summed E-state index contributed by atoms with van der Waals surface area (Å²) in [5.41, 5.74) is 2.44. The first kappa shape index (κ1) is 23.4. The van der Waals surface area contributed by atoms with Crippen molar-refractivity contribution in [2.24, 2.45) is 5.92 Å². The molecule has 1 heterocycles. The summed E-state index contributed by atoms with van der Waals surface area (Å²) in [6, 6.07) is 14.5. The number of amides is 1. The van der Waals surface area contributed by atoms with Crippen LogP contribution in [0.15, 0.2) is 48.5 Å². The number of hydrogen-bond donors (Lipinski definition) is 1. The highest BCUT2D eigenvalue weighted by Crippen LogP contribution is 2.27. The van der Waals surface area contributed by atoms with Crippen molar-refractivity contribution >= 4 is 38.9 Å². The first-order valence-corrected chi connectivity index (χ1v) is 12.7. The normalized spacial score (nSPS) is 16.1. The van der Waals surface area contributed by atoms with Crippen LogP contribution in [0.5, 0.6) is 0 Å². The molecule has 2 aromatic rings. The Bertz CT molecular complexity index is 1000. The van der Waals surface area contributed by atoms with E-state index in [0.29, 0.717) is 0 Å². The molecule has 0 bridgehead atoms. The van der Waals surface area contributed by atoms with Crippen molar-refractivity contribution in [3.63, 3.8) is 0 Å². The summed E-state index contributed by atoms with van der Waals surface area (Å²) < 4.78 is 25.6. The summed E-state index contributed by atoms with van der Waals surface area (Å²) in [7, 11) is -3.68. The van der Waals surface area contributed by atoms with Gasteiger partial charge in [-0.25, -0.2) is 8.42 Å². The molecule has 1 saturated heterocycles. The number of nitrogens with one attached hydrogen (secondary N) is 1. The van der Waals surface area contributed by atoms with Crippen LogP contribution in [0.2, 0.25) is 5.02 Å². The summed E-state index contributed by atoms with van der Waals surface area (Å²) in [4.78, 5) is 15.0. The fourth-order valence-electron chi connectivity index (χ4n) is 3.78. The van der Waals surface area contributed by atoms with E-state index in [4.69, 9.17) is 11.6 Å². The second kappa shape index (κ2) is 9.92. The van der Waals surface area contributed by atoms with Gasteiger partial charge in [0, 0.05) is 18.8 Å². The Morgan fingerprint density at radius 2 is 1.77 bits per heavy atom. The van der Waals surface area contributed by atoms with Gasteiger partial charge in [-0.15, -0.1) is 0 Å². The zero-order valence-electron chi connectivity index (χ0n) is 18.2. The molecular weight excluding hydrogens is 434 g/mol. The van der Waals surface area contributed by atoms with Gasteiger partial charge < -0.3 is 10.2 Å². The Kier molecular flexibility index (Phi) is 7.49. The van der Waals surface area contributed by atoms with E-state index in [0.717, 1.165) is 35.1 Å². The number of nitrogens with zero attached hydrogens (tertiary/aromatic N) is 2. The molecular formula is C23H30ClN3O3S. The minimum atomic E-state index is -3.68. The predicted octanol–water partition coefficient (Wildman–Crippen LogP) is 4.22. The number of carbonyl (C=O) groups is 1. The molecule has 1 amide bonds. The van der Waals surface area contributed by atoms with Crippen LogP contribution in [0.4, 0.5) is 11.4 Å². The molecule has 1 aliphatic rings. The SMILES string of the molecule is CC1CCN(c2ccc(C(C)NC(=O)CN(c3ccccc3Cl)S(C)(=O)=O)cc2)CC1. The molecule has 1 N–H and O–H groups in total. The Balaban J connectivity index is 1.64. The minimum absolute atomic E-state index is 0.254. The third kappa shape index (κ3) is 6.14. The number of piperidine rings is 1. The topological polar surface area (TPSA) is 69.7 Å². The lowest BCUT2D eigenvalue weighted by Crippen LogP contribution is -2.41. The molecule has 2 aromatic carbocycles. The number of halogens is 1. The molecule has 168 valence electrons. The lowest BCUT2D eigenvalue weighted by molar-refractivity contribution is -0.120. The number of hydrogen-bond acceptors (Lipinski definition) is 4. The Morgan fingerprint density at radius 3 is 2.35 bits per heavy atom. The second-order valence-electron chi connectivity index (χ2n) is 8.27. The molecule has 0 radical (unpaired) electrons. The molecule has 0 saturated carbocycles. The van der Waals surface area contributed by atoms with E-state index in [1.54, 1.807) is 24.3 Å². The maximum atomic E-state index is 12.6. The van der Waals surface area contributed by atoms with Gasteiger partial charge >= 0.3 is 0 Å². The number of benzene rings is 2. The average Bonchev–Trinajstić information content (AvgIpc) is 2.72. The predicted molar refractivity (Wildman–Crippen MR) is 127 cm³/mol. The Labute approximate surface area is 190 Å². The van der Waals surface area contributed by atoms with Gasteiger partial charge in [0.1, 0.15) is 6.54 Å². The molecule has 1 aliphatic heterocycles.